The topological polar surface area (TPSA) is 561 Å². The van der Waals surface area contributed by atoms with Crippen molar-refractivity contribution in [2.24, 2.45) is 17.2 Å². The van der Waals surface area contributed by atoms with Gasteiger partial charge in [0.05, 0.1) is 32.7 Å². The Morgan fingerprint density at radius 3 is 1.44 bits per heavy atom. The number of carboxylic acids is 4. The van der Waals surface area contributed by atoms with Crippen molar-refractivity contribution in [2.45, 2.75) is 158 Å². The van der Waals surface area contributed by atoms with Gasteiger partial charge in [0.25, 0.3) is 0 Å². The minimum atomic E-state index is -1.97. The van der Waals surface area contributed by atoms with Crippen LogP contribution in [0.25, 0.3) is 0 Å². The van der Waals surface area contributed by atoms with Gasteiger partial charge in [-0.15, -0.1) is 0 Å². The van der Waals surface area contributed by atoms with Crippen molar-refractivity contribution >= 4 is 94.8 Å². The molecule has 444 valence electrons. The van der Waals surface area contributed by atoms with E-state index in [0.29, 0.717) is 11.3 Å². The van der Waals surface area contributed by atoms with Crippen LogP contribution in [-0.2, 0) is 81.4 Å². The first-order valence-corrected chi connectivity index (χ1v) is 24.4. The predicted molar refractivity (Wildman–Crippen MR) is 265 cm³/mol. The van der Waals surface area contributed by atoms with Gasteiger partial charge >= 0.3 is 29.8 Å². The highest BCUT2D eigenvalue weighted by Gasteiger charge is 2.37. The number of methoxy groups -OCH3 is 1. The quantitative estimate of drug-likeness (QED) is 0.0254. The third-order valence-electron chi connectivity index (χ3n) is 11.3. The van der Waals surface area contributed by atoms with Crippen molar-refractivity contribution in [3.63, 3.8) is 0 Å². The first kappa shape index (κ1) is 70.4. The third kappa shape index (κ3) is 28.4. The zero-order valence-corrected chi connectivity index (χ0v) is 43.9. The maximum atomic E-state index is 13.9. The molecule has 0 spiro atoms. The number of nitrogens with zero attached hydrogens (tertiary/aromatic N) is 1. The predicted octanol–water partition coefficient (Wildman–Crippen LogP) is -7.37. The lowest BCUT2D eigenvalue weighted by Crippen LogP contribution is -2.61. The van der Waals surface area contributed by atoms with Crippen LogP contribution in [0.3, 0.4) is 0 Å². The zero-order chi connectivity index (χ0) is 60.7. The smallest absolute Gasteiger partial charge is 0.328 e. The van der Waals surface area contributed by atoms with Crippen LogP contribution < -0.4 is 59.7 Å². The summed E-state index contributed by atoms with van der Waals surface area (Å²) in [6, 6.07) is -14.9. The van der Waals surface area contributed by atoms with Crippen LogP contribution >= 0.6 is 0 Å². The van der Waals surface area contributed by atoms with E-state index < -0.39 is 220 Å². The molecule has 0 aromatic heterocycles. The number of carbonyl (C=O) groups excluding carboxylic acids is 12. The molecule has 0 aliphatic carbocycles. The summed E-state index contributed by atoms with van der Waals surface area (Å²) in [6.45, 7) is 0.800. The highest BCUT2D eigenvalue weighted by atomic mass is 16.5. The molecule has 0 bridgehead atoms. The number of nitrogens with two attached hydrogens (primary N) is 3. The Kier molecular flexibility index (Phi) is 32.5. The molecule has 0 rings (SSSR count). The number of hydrogen-bond acceptors (Lipinski definition) is 19. The summed E-state index contributed by atoms with van der Waals surface area (Å²) in [4.78, 5) is 202. The van der Waals surface area contributed by atoms with Gasteiger partial charge in [0.1, 0.15) is 48.3 Å². The van der Waals surface area contributed by atoms with Crippen molar-refractivity contribution in [1.82, 2.24) is 47.4 Å². The van der Waals surface area contributed by atoms with E-state index in [1.165, 1.54) is 0 Å². The second kappa shape index (κ2) is 36.5. The fourth-order valence-electron chi connectivity index (χ4n) is 6.90. The number of aliphatic hydroxyl groups excluding tert-OH is 1. The number of aliphatic hydroxyl groups is 1. The number of hydrogen-bond donors (Lipinski definition) is 16. The fourth-order valence-corrected chi connectivity index (χ4v) is 6.90. The van der Waals surface area contributed by atoms with Gasteiger partial charge in [-0.05, 0) is 45.4 Å². The molecule has 34 heteroatoms. The molecule has 0 saturated heterocycles. The second-order valence-corrected chi connectivity index (χ2v) is 17.7. The van der Waals surface area contributed by atoms with E-state index in [-0.39, 0.29) is 25.7 Å². The van der Waals surface area contributed by atoms with Crippen LogP contribution in [0.15, 0.2) is 0 Å². The van der Waals surface area contributed by atoms with E-state index in [0.717, 1.165) is 21.1 Å². The maximum absolute atomic E-state index is 13.9. The molecule has 0 aliphatic heterocycles. The number of carbonyl (C=O) groups is 16. The highest BCUT2D eigenvalue weighted by Crippen LogP contribution is 2.13. The number of unbranched alkanes of at least 4 members (excludes halogenated alkanes) is 1. The minimum absolute atomic E-state index is 0.170. The van der Waals surface area contributed by atoms with Crippen molar-refractivity contribution in [3.8, 4) is 0 Å². The van der Waals surface area contributed by atoms with Gasteiger partial charge < -0.3 is 94.9 Å². The summed E-state index contributed by atoms with van der Waals surface area (Å²) < 4.78 is 4.60. The number of likely N-dealkylation sites (N-methyl/N-ethyl adjacent to an activating group) is 1. The van der Waals surface area contributed by atoms with E-state index in [4.69, 9.17) is 27.4 Å². The molecule has 9 atom stereocenters. The summed E-state index contributed by atoms with van der Waals surface area (Å²) >= 11 is 0. The van der Waals surface area contributed by atoms with Gasteiger partial charge in [0.2, 0.25) is 65.0 Å². The monoisotopic (exact) mass is 1130 g/mol. The summed E-state index contributed by atoms with van der Waals surface area (Å²) in [5.41, 5.74) is 16.2. The molecule has 34 nitrogen and oxygen atoms in total. The average molecular weight is 1130 g/mol. The second-order valence-electron chi connectivity index (χ2n) is 17.7. The van der Waals surface area contributed by atoms with Gasteiger partial charge in [-0.2, -0.15) is 0 Å². The number of nitrogens with one attached hydrogen (secondary N) is 8. The molecule has 0 heterocycles. The normalized spacial score (nSPS) is 14.2. The molecule has 0 aromatic carbocycles. The van der Waals surface area contributed by atoms with Crippen molar-refractivity contribution in [3.05, 3.63) is 0 Å². The average Bonchev–Trinajstić information content (AvgIpc) is 3.37. The Balaban J connectivity index is 6.33. The molecule has 79 heavy (non-hydrogen) atoms. The molecule has 19 N–H and O–H groups in total. The molecule has 0 fully saturated rings. The van der Waals surface area contributed by atoms with Gasteiger partial charge in [0.15, 0.2) is 0 Å². The van der Waals surface area contributed by atoms with Gasteiger partial charge in [-0.1, -0.05) is 19.8 Å². The van der Waals surface area contributed by atoms with Crippen LogP contribution in [0.2, 0.25) is 0 Å². The first-order valence-electron chi connectivity index (χ1n) is 24.4. The van der Waals surface area contributed by atoms with Crippen LogP contribution in [0.5, 0.6) is 0 Å². The summed E-state index contributed by atoms with van der Waals surface area (Å²) in [6.07, 6.45) is -5.89. The number of carboxylic acid groups (broad SMARTS) is 4. The molecule has 11 amide bonds. The minimum Gasteiger partial charge on any atom is -0.481 e. The van der Waals surface area contributed by atoms with Crippen LogP contribution in [0.1, 0.15) is 104 Å². The third-order valence-corrected chi connectivity index (χ3v) is 11.3. The van der Waals surface area contributed by atoms with Crippen LogP contribution in [-0.4, -0.2) is 207 Å². The van der Waals surface area contributed by atoms with E-state index in [1.807, 2.05) is 0 Å². The number of amides is 11. The van der Waals surface area contributed by atoms with Crippen LogP contribution in [0.4, 0.5) is 0 Å². The molecule has 0 aliphatic rings. The number of esters is 1. The number of primary amides is 2. The van der Waals surface area contributed by atoms with Crippen molar-refractivity contribution < 1.29 is 107 Å². The number of ether oxygens (including phenoxy) is 1. The highest BCUT2D eigenvalue weighted by molar-refractivity contribution is 5.99. The van der Waals surface area contributed by atoms with Crippen LogP contribution in [0, 0.1) is 0 Å². The summed E-state index contributed by atoms with van der Waals surface area (Å²) in [5.74, 6) is -18.8. The number of rotatable bonds is 40. The Morgan fingerprint density at radius 2 is 0.937 bits per heavy atom. The first-order chi connectivity index (χ1) is 36.9. The Labute approximate surface area is 451 Å². The lowest BCUT2D eigenvalue weighted by Gasteiger charge is -2.32. The Morgan fingerprint density at radius 1 is 0.506 bits per heavy atom. The Bertz CT molecular complexity index is 2230. The van der Waals surface area contributed by atoms with Crippen molar-refractivity contribution in [1.29, 1.82) is 0 Å². The summed E-state index contributed by atoms with van der Waals surface area (Å²) in [5, 5.41) is 64.7. The maximum Gasteiger partial charge on any atom is 0.328 e. The lowest BCUT2D eigenvalue weighted by molar-refractivity contribution is -0.149. The molecule has 0 saturated carbocycles. The molecular weight excluding hydrogens is 1060 g/mol. The number of aliphatic carboxylic acids is 4. The van der Waals surface area contributed by atoms with Gasteiger partial charge in [-0.25, -0.2) is 4.79 Å². The SMILES string of the molecule is CCCC[C@H](NC(=O)[C@H](CCC(=O)O)NC(=O)[C@H](C)NC(=O)CNC(=O)[C@H](CCC(N)=O)NC(=O)[C@@H](N)CCC(=O)O)C(=O)N[C@@H](CO)C(=O)N[C@@H](CC(N)=O)C(=O)N(C)[C@@H](CCC(=O)O)C(=O)N[C@@H](CCC(=O)O)C(=O)OC. The molecule has 0 aromatic rings. The van der Waals surface area contributed by atoms with E-state index in [9.17, 15) is 92.0 Å². The Hall–Kier alpha value is -8.56. The van der Waals surface area contributed by atoms with Gasteiger partial charge in [0, 0.05) is 39.2 Å². The molecule has 0 radical (unpaired) electrons. The molecule has 0 unspecified atom stereocenters. The van der Waals surface area contributed by atoms with E-state index in [1.54, 1.807) is 6.92 Å². The summed E-state index contributed by atoms with van der Waals surface area (Å²) in [7, 11) is 1.90. The van der Waals surface area contributed by atoms with Gasteiger partial charge in [-0.3, -0.25) is 71.9 Å². The largest absolute Gasteiger partial charge is 0.481 e. The fraction of sp³-hybridized carbons (Fsp3) is 0.644. The lowest BCUT2D eigenvalue weighted by atomic mass is 10.0. The van der Waals surface area contributed by atoms with Crippen molar-refractivity contribution in [2.75, 3.05) is 27.3 Å². The zero-order valence-electron chi connectivity index (χ0n) is 43.9. The van der Waals surface area contributed by atoms with E-state index >= 15 is 0 Å². The standard InChI is InChI=1S/C45H72N12O22/c1-5-6-7-23(40(73)56-28(20-58)42(75)55-27(18-31(48)60)44(77)57(3)29(12-17-36(68)69)43(76)54-26(45(78)79-4)11-16-35(66)67)53-41(74)25(10-15-34(64)65)51-37(70)21(2)50-32(61)19-49-39(72)24(9-13-30(47)59)52-38(71)22(46)8-14-33(62)63/h21-29,58H,5-20,46H2,1-4H3,(H2,47,59)(H2,48,60)(H,49,72)(H,50,61)(H,51,70)(H,52,71)(H,53,74)(H,54,76)(H,55,75)(H,56,73)(H,62,63)(H,64,65)(H,66,67)(H,68,69)/t21-,22-,23-,24-,25-,26-,27-,28-,29-/m0/s1. The molecular formula is C45H72N12O22. The van der Waals surface area contributed by atoms with E-state index in [2.05, 4.69) is 47.3 Å².